The van der Waals surface area contributed by atoms with Crippen LogP contribution in [0, 0.1) is 47.3 Å². The maximum Gasteiger partial charge on any atom is 0.0688 e. The van der Waals surface area contributed by atoms with Crippen LogP contribution in [0.2, 0.25) is 0 Å². The number of aliphatic hydroxyl groups is 2. The Morgan fingerprint density at radius 1 is 0.800 bits per heavy atom. The summed E-state index contributed by atoms with van der Waals surface area (Å²) in [6, 6.07) is 0. The number of rotatable bonds is 0. The summed E-state index contributed by atoms with van der Waals surface area (Å²) in [5.41, 5.74) is -0.899. The van der Waals surface area contributed by atoms with E-state index in [9.17, 15) is 10.2 Å². The lowest BCUT2D eigenvalue weighted by Gasteiger charge is -2.32. The van der Waals surface area contributed by atoms with Gasteiger partial charge in [-0.3, -0.25) is 0 Å². The normalized spacial score (nSPS) is 85.6. The topological polar surface area (TPSA) is 40.5 Å². The molecule has 6 saturated carbocycles. The Labute approximate surface area is 89.7 Å². The molecule has 0 aromatic heterocycles. The molecule has 0 aromatic carbocycles. The van der Waals surface area contributed by atoms with E-state index in [1.54, 1.807) is 0 Å². The van der Waals surface area contributed by atoms with Crippen molar-refractivity contribution in [3.63, 3.8) is 0 Å². The van der Waals surface area contributed by atoms with Gasteiger partial charge >= 0.3 is 0 Å². The summed E-state index contributed by atoms with van der Waals surface area (Å²) in [6.07, 6.45) is 1.31. The van der Waals surface area contributed by atoms with E-state index in [1.165, 1.54) is 6.42 Å². The molecule has 2 N–H and O–H groups in total. The molecule has 0 aromatic rings. The molecule has 6 aliphatic carbocycles. The largest absolute Gasteiger partial charge is 0.390 e. The van der Waals surface area contributed by atoms with Gasteiger partial charge in [-0.25, -0.2) is 0 Å². The molecule has 8 unspecified atom stereocenters. The standard InChI is InChI=1S/C13H18O2/c1-12(14)8-4-3-5-6(8)11-10(12)7(4)9(5)13(11,2)15/h4-11,14-15H,3H2,1-2H3/t4?,5?,6?,7?,8?,9?,10?,11?,12-,13+. The quantitative estimate of drug-likeness (QED) is 0.617. The molecule has 2 heteroatoms. The minimum Gasteiger partial charge on any atom is -0.390 e. The van der Waals surface area contributed by atoms with Crippen molar-refractivity contribution in [1.29, 1.82) is 0 Å². The average molecular weight is 206 g/mol. The summed E-state index contributed by atoms with van der Waals surface area (Å²) < 4.78 is 0. The van der Waals surface area contributed by atoms with Crippen LogP contribution in [0.3, 0.4) is 0 Å². The van der Waals surface area contributed by atoms with Gasteiger partial charge in [-0.15, -0.1) is 0 Å². The van der Waals surface area contributed by atoms with E-state index >= 15 is 0 Å². The van der Waals surface area contributed by atoms with Gasteiger partial charge < -0.3 is 10.2 Å². The Balaban J connectivity index is 1.85. The first kappa shape index (κ1) is 8.08. The van der Waals surface area contributed by atoms with E-state index < -0.39 is 11.2 Å². The predicted molar refractivity (Wildman–Crippen MR) is 53.8 cm³/mol. The van der Waals surface area contributed by atoms with Crippen LogP contribution < -0.4 is 0 Å². The highest BCUT2D eigenvalue weighted by Crippen LogP contribution is 2.87. The van der Waals surface area contributed by atoms with Crippen LogP contribution in [0.25, 0.3) is 0 Å². The zero-order valence-corrected chi connectivity index (χ0v) is 9.22. The van der Waals surface area contributed by atoms with Crippen molar-refractivity contribution in [3.05, 3.63) is 0 Å². The van der Waals surface area contributed by atoms with E-state index in [0.29, 0.717) is 35.5 Å². The highest BCUT2D eigenvalue weighted by atomic mass is 16.3. The molecular weight excluding hydrogens is 188 g/mol. The fourth-order valence-electron chi connectivity index (χ4n) is 7.56. The first-order valence-electron chi connectivity index (χ1n) is 6.42. The molecular formula is C13H18O2. The van der Waals surface area contributed by atoms with Gasteiger partial charge in [-0.2, -0.15) is 0 Å². The second kappa shape index (κ2) is 1.70. The molecule has 15 heavy (non-hydrogen) atoms. The molecule has 2 nitrogen and oxygen atoms in total. The van der Waals surface area contributed by atoms with Gasteiger partial charge in [0.15, 0.2) is 0 Å². The molecule has 0 aliphatic heterocycles. The summed E-state index contributed by atoms with van der Waals surface area (Å²) in [6.45, 7) is 4.10. The van der Waals surface area contributed by atoms with Crippen LogP contribution in [0.1, 0.15) is 20.3 Å². The molecule has 0 radical (unpaired) electrons. The second-order valence-electron chi connectivity index (χ2n) is 7.27. The minimum absolute atomic E-state index is 0.427. The van der Waals surface area contributed by atoms with Crippen molar-refractivity contribution in [1.82, 2.24) is 0 Å². The lowest BCUT2D eigenvalue weighted by molar-refractivity contribution is -0.0214. The van der Waals surface area contributed by atoms with E-state index in [0.717, 1.165) is 11.8 Å². The second-order valence-corrected chi connectivity index (χ2v) is 7.27. The zero-order chi connectivity index (χ0) is 10.3. The van der Waals surface area contributed by atoms with Crippen LogP contribution in [0.4, 0.5) is 0 Å². The van der Waals surface area contributed by atoms with Crippen LogP contribution in [-0.4, -0.2) is 21.4 Å². The van der Waals surface area contributed by atoms with Crippen molar-refractivity contribution >= 4 is 0 Å². The van der Waals surface area contributed by atoms with Crippen LogP contribution >= 0.6 is 0 Å². The van der Waals surface area contributed by atoms with Crippen LogP contribution in [-0.2, 0) is 0 Å². The number of hydrogen-bond donors (Lipinski definition) is 2. The van der Waals surface area contributed by atoms with E-state index in [2.05, 4.69) is 13.8 Å². The van der Waals surface area contributed by atoms with Crippen molar-refractivity contribution in [2.75, 3.05) is 0 Å². The highest BCUT2D eigenvalue weighted by molar-refractivity contribution is 5.36. The third-order valence-electron chi connectivity index (χ3n) is 7.20. The van der Waals surface area contributed by atoms with Gasteiger partial charge in [0, 0.05) is 0 Å². The fourth-order valence-corrected chi connectivity index (χ4v) is 7.56. The van der Waals surface area contributed by atoms with Gasteiger partial charge in [0.05, 0.1) is 11.2 Å². The van der Waals surface area contributed by atoms with Gasteiger partial charge in [0.2, 0.25) is 0 Å². The van der Waals surface area contributed by atoms with Crippen molar-refractivity contribution in [2.24, 2.45) is 47.3 Å². The molecule has 6 bridgehead atoms. The molecule has 0 saturated heterocycles. The van der Waals surface area contributed by atoms with Crippen molar-refractivity contribution in [2.45, 2.75) is 31.5 Å². The lowest BCUT2D eigenvalue weighted by atomic mass is 9.71. The maximum atomic E-state index is 10.7. The molecule has 0 spiro atoms. The fraction of sp³-hybridized carbons (Fsp3) is 1.00. The Bertz CT molecular complexity index is 350. The smallest absolute Gasteiger partial charge is 0.0688 e. The summed E-state index contributed by atoms with van der Waals surface area (Å²) >= 11 is 0. The highest BCUT2D eigenvalue weighted by Gasteiger charge is 2.88. The third-order valence-corrected chi connectivity index (χ3v) is 7.20. The number of hydrogen-bond acceptors (Lipinski definition) is 2. The Hall–Kier alpha value is -0.0800. The van der Waals surface area contributed by atoms with Gasteiger partial charge in [0.25, 0.3) is 0 Å². The van der Waals surface area contributed by atoms with E-state index in [1.807, 2.05) is 0 Å². The lowest BCUT2D eigenvalue weighted by Crippen LogP contribution is -2.35. The third kappa shape index (κ3) is 0.484. The van der Waals surface area contributed by atoms with Crippen LogP contribution in [0.15, 0.2) is 0 Å². The molecule has 6 rings (SSSR count). The molecule has 6 aliphatic rings. The molecule has 0 heterocycles. The van der Waals surface area contributed by atoms with Gasteiger partial charge in [0.1, 0.15) is 0 Å². The van der Waals surface area contributed by atoms with Crippen LogP contribution in [0.5, 0.6) is 0 Å². The molecule has 6 fully saturated rings. The Kier molecular flexibility index (Phi) is 0.918. The van der Waals surface area contributed by atoms with Crippen molar-refractivity contribution < 1.29 is 10.2 Å². The predicted octanol–water partition coefficient (Wildman–Crippen LogP) is 0.876. The Morgan fingerprint density at radius 3 is 1.60 bits per heavy atom. The zero-order valence-electron chi connectivity index (χ0n) is 9.22. The monoisotopic (exact) mass is 206 g/mol. The Morgan fingerprint density at radius 2 is 1.20 bits per heavy atom. The van der Waals surface area contributed by atoms with Gasteiger partial charge in [-0.1, -0.05) is 0 Å². The van der Waals surface area contributed by atoms with E-state index in [4.69, 9.17) is 0 Å². The van der Waals surface area contributed by atoms with Gasteiger partial charge in [-0.05, 0) is 67.6 Å². The average Bonchev–Trinajstić information content (AvgIpc) is 2.79. The first-order valence-corrected chi connectivity index (χ1v) is 6.42. The summed E-state index contributed by atoms with van der Waals surface area (Å²) in [5.74, 6) is 4.78. The molecule has 0 amide bonds. The SMILES string of the molecule is C[C@]1(O)C2C3CC4C2C2C1C3C4[C@@]2(C)O. The molecule has 10 atom stereocenters. The van der Waals surface area contributed by atoms with Crippen molar-refractivity contribution in [3.8, 4) is 0 Å². The summed E-state index contributed by atoms with van der Waals surface area (Å²) in [4.78, 5) is 0. The maximum absolute atomic E-state index is 10.7. The molecule has 82 valence electrons. The first-order chi connectivity index (χ1) is 6.97. The summed E-state index contributed by atoms with van der Waals surface area (Å²) in [5, 5.41) is 21.4. The minimum atomic E-state index is -0.450. The van der Waals surface area contributed by atoms with E-state index in [-0.39, 0.29) is 0 Å². The summed E-state index contributed by atoms with van der Waals surface area (Å²) in [7, 11) is 0.